The summed E-state index contributed by atoms with van der Waals surface area (Å²) in [5, 5.41) is 0. The number of benzene rings is 1. The van der Waals surface area contributed by atoms with E-state index in [0.717, 1.165) is 19.3 Å². The van der Waals surface area contributed by atoms with Gasteiger partial charge in [0.15, 0.2) is 0 Å². The third kappa shape index (κ3) is 4.60. The van der Waals surface area contributed by atoms with Crippen LogP contribution < -0.4 is 0 Å². The molecule has 2 fully saturated rings. The maximum atomic E-state index is 12.6. The summed E-state index contributed by atoms with van der Waals surface area (Å²) in [6.07, 6.45) is 2.94. The largest absolute Gasteiger partial charge is 0.372 e. The maximum Gasteiger partial charge on any atom is 0.312 e. The minimum absolute atomic E-state index is 0.0166. The fraction of sp³-hybridized carbons (Fsp3) is 0.600. The van der Waals surface area contributed by atoms with Gasteiger partial charge in [-0.1, -0.05) is 30.3 Å². The first-order valence-electron chi connectivity index (χ1n) is 9.30. The summed E-state index contributed by atoms with van der Waals surface area (Å²) in [7, 11) is 0. The molecule has 0 aliphatic carbocycles. The number of nitrogens with zero attached hydrogens (tertiary/aromatic N) is 2. The lowest BCUT2D eigenvalue weighted by atomic mass is 9.90. The molecule has 0 N–H and O–H groups in total. The number of rotatable bonds is 2. The average molecular weight is 344 g/mol. The summed E-state index contributed by atoms with van der Waals surface area (Å²) in [6, 6.07) is 10.5. The molecule has 0 bridgehead atoms. The lowest BCUT2D eigenvalue weighted by molar-refractivity contribution is -0.159. The third-order valence-electron chi connectivity index (χ3n) is 5.16. The Bertz CT molecular complexity index is 586. The Hall–Kier alpha value is -1.88. The Morgan fingerprint density at radius 2 is 1.52 bits per heavy atom. The Balaban J connectivity index is 1.50. The summed E-state index contributed by atoms with van der Waals surface area (Å²) in [5.41, 5.74) is 1.35. The average Bonchev–Trinajstić information content (AvgIpc) is 2.61. The van der Waals surface area contributed by atoms with E-state index in [1.807, 2.05) is 19.9 Å². The smallest absolute Gasteiger partial charge is 0.312 e. The van der Waals surface area contributed by atoms with Crippen molar-refractivity contribution in [3.63, 3.8) is 0 Å². The van der Waals surface area contributed by atoms with Gasteiger partial charge in [-0.05, 0) is 44.6 Å². The van der Waals surface area contributed by atoms with Crippen LogP contribution in [-0.4, -0.2) is 60.0 Å². The molecule has 0 aromatic heterocycles. The molecule has 0 saturated carbocycles. The monoisotopic (exact) mass is 344 g/mol. The van der Waals surface area contributed by atoms with Gasteiger partial charge in [-0.3, -0.25) is 9.59 Å². The van der Waals surface area contributed by atoms with E-state index in [2.05, 4.69) is 24.3 Å². The highest BCUT2D eigenvalue weighted by atomic mass is 16.5. The fourth-order valence-corrected chi connectivity index (χ4v) is 3.90. The molecule has 3 rings (SSSR count). The molecule has 2 amide bonds. The normalized spacial score (nSPS) is 25.0. The summed E-state index contributed by atoms with van der Waals surface area (Å²) in [5.74, 6) is -0.132. The highest BCUT2D eigenvalue weighted by Gasteiger charge is 2.33. The summed E-state index contributed by atoms with van der Waals surface area (Å²) < 4.78 is 5.64. The van der Waals surface area contributed by atoms with Crippen LogP contribution in [0.1, 0.15) is 32.3 Å². The molecule has 2 unspecified atom stereocenters. The molecule has 0 radical (unpaired) electrons. The molecule has 2 heterocycles. The molecule has 25 heavy (non-hydrogen) atoms. The van der Waals surface area contributed by atoms with E-state index in [9.17, 15) is 9.59 Å². The van der Waals surface area contributed by atoms with E-state index in [1.165, 1.54) is 5.56 Å². The van der Waals surface area contributed by atoms with Gasteiger partial charge >= 0.3 is 11.8 Å². The molecule has 2 atom stereocenters. The Labute approximate surface area is 149 Å². The van der Waals surface area contributed by atoms with E-state index in [4.69, 9.17) is 4.74 Å². The first-order valence-corrected chi connectivity index (χ1v) is 9.30. The molecule has 5 heteroatoms. The van der Waals surface area contributed by atoms with E-state index < -0.39 is 0 Å². The van der Waals surface area contributed by atoms with Crippen LogP contribution in [0.5, 0.6) is 0 Å². The van der Waals surface area contributed by atoms with Gasteiger partial charge in [0.25, 0.3) is 0 Å². The standard InChI is InChI=1S/C20H28N2O3/c1-15-13-22(14-16(2)25-15)20(24)19(23)21-10-8-18(9-11-21)12-17-6-4-3-5-7-17/h3-7,15-16,18H,8-14H2,1-2H3. The molecule has 0 spiro atoms. The molecule has 1 aromatic carbocycles. The van der Waals surface area contributed by atoms with E-state index >= 15 is 0 Å². The highest BCUT2D eigenvalue weighted by molar-refractivity contribution is 6.34. The number of hydrogen-bond donors (Lipinski definition) is 0. The molecular weight excluding hydrogens is 316 g/mol. The topological polar surface area (TPSA) is 49.9 Å². The van der Waals surface area contributed by atoms with Crippen LogP contribution in [0.4, 0.5) is 0 Å². The third-order valence-corrected chi connectivity index (χ3v) is 5.16. The number of morpholine rings is 1. The molecule has 1 aromatic rings. The molecule has 2 aliphatic rings. The summed E-state index contributed by atoms with van der Waals surface area (Å²) in [6.45, 7) is 6.23. The van der Waals surface area contributed by atoms with Crippen molar-refractivity contribution in [3.05, 3.63) is 35.9 Å². The van der Waals surface area contributed by atoms with Gasteiger partial charge in [-0.25, -0.2) is 0 Å². The number of amides is 2. The van der Waals surface area contributed by atoms with Crippen LogP contribution in [0, 0.1) is 5.92 Å². The zero-order valence-electron chi connectivity index (χ0n) is 15.2. The SMILES string of the molecule is CC1CN(C(=O)C(=O)N2CCC(Cc3ccccc3)CC2)CC(C)O1. The summed E-state index contributed by atoms with van der Waals surface area (Å²) in [4.78, 5) is 28.5. The molecule has 2 saturated heterocycles. The van der Waals surface area contributed by atoms with Crippen molar-refractivity contribution in [3.8, 4) is 0 Å². The minimum Gasteiger partial charge on any atom is -0.372 e. The maximum absolute atomic E-state index is 12.6. The molecule has 5 nitrogen and oxygen atoms in total. The second kappa shape index (κ2) is 8.00. The molecule has 136 valence electrons. The van der Waals surface area contributed by atoms with Gasteiger partial charge < -0.3 is 14.5 Å². The van der Waals surface area contributed by atoms with Gasteiger partial charge in [0.05, 0.1) is 12.2 Å². The van der Waals surface area contributed by atoms with Crippen molar-refractivity contribution in [1.29, 1.82) is 0 Å². The van der Waals surface area contributed by atoms with Crippen molar-refractivity contribution >= 4 is 11.8 Å². The van der Waals surface area contributed by atoms with Crippen LogP contribution in [0.3, 0.4) is 0 Å². The van der Waals surface area contributed by atoms with E-state index in [0.29, 0.717) is 32.1 Å². The van der Waals surface area contributed by atoms with Gasteiger partial charge in [0.1, 0.15) is 0 Å². The van der Waals surface area contributed by atoms with Gasteiger partial charge in [0, 0.05) is 26.2 Å². The Kier molecular flexibility index (Phi) is 5.74. The van der Waals surface area contributed by atoms with Crippen molar-refractivity contribution in [2.24, 2.45) is 5.92 Å². The van der Waals surface area contributed by atoms with E-state index in [-0.39, 0.29) is 24.0 Å². The summed E-state index contributed by atoms with van der Waals surface area (Å²) >= 11 is 0. The van der Waals surface area contributed by atoms with Gasteiger partial charge in [0.2, 0.25) is 0 Å². The predicted molar refractivity (Wildman–Crippen MR) is 96.0 cm³/mol. The van der Waals surface area contributed by atoms with Crippen LogP contribution in [0.15, 0.2) is 30.3 Å². The first kappa shape index (κ1) is 17.9. The van der Waals surface area contributed by atoms with Crippen LogP contribution in [0.25, 0.3) is 0 Å². The zero-order chi connectivity index (χ0) is 17.8. The highest BCUT2D eigenvalue weighted by Crippen LogP contribution is 2.22. The van der Waals surface area contributed by atoms with Crippen LogP contribution in [0.2, 0.25) is 0 Å². The quantitative estimate of drug-likeness (QED) is 0.772. The predicted octanol–water partition coefficient (Wildman–Crippen LogP) is 2.10. The van der Waals surface area contributed by atoms with Crippen molar-refractivity contribution < 1.29 is 14.3 Å². The second-order valence-electron chi connectivity index (χ2n) is 7.39. The number of likely N-dealkylation sites (tertiary alicyclic amines) is 1. The second-order valence-corrected chi connectivity index (χ2v) is 7.39. The van der Waals surface area contributed by atoms with Crippen molar-refractivity contribution in [2.45, 2.75) is 45.3 Å². The van der Waals surface area contributed by atoms with E-state index in [1.54, 1.807) is 9.80 Å². The zero-order valence-corrected chi connectivity index (χ0v) is 15.2. The fourth-order valence-electron chi connectivity index (χ4n) is 3.90. The van der Waals surface area contributed by atoms with Crippen molar-refractivity contribution in [2.75, 3.05) is 26.2 Å². The lowest BCUT2D eigenvalue weighted by Crippen LogP contribution is -2.54. The van der Waals surface area contributed by atoms with Gasteiger partial charge in [-0.2, -0.15) is 0 Å². The van der Waals surface area contributed by atoms with Crippen LogP contribution in [-0.2, 0) is 20.7 Å². The number of carbonyl (C=O) groups is 2. The number of ether oxygens (including phenoxy) is 1. The lowest BCUT2D eigenvalue weighted by Gasteiger charge is -2.37. The van der Waals surface area contributed by atoms with Crippen molar-refractivity contribution in [1.82, 2.24) is 9.80 Å². The van der Waals surface area contributed by atoms with Crippen LogP contribution >= 0.6 is 0 Å². The molecule has 2 aliphatic heterocycles. The Morgan fingerprint density at radius 1 is 0.960 bits per heavy atom. The number of hydrogen-bond acceptors (Lipinski definition) is 3. The minimum atomic E-state index is -0.372. The Morgan fingerprint density at radius 3 is 2.12 bits per heavy atom. The number of carbonyl (C=O) groups excluding carboxylic acids is 2. The first-order chi connectivity index (χ1) is 12.0. The number of piperidine rings is 1. The van der Waals surface area contributed by atoms with Gasteiger partial charge in [-0.15, -0.1) is 0 Å². The molecular formula is C20H28N2O3.